The third-order valence-electron chi connectivity index (χ3n) is 1.03. The lowest BCUT2D eigenvalue weighted by atomic mass is 10.4. The summed E-state index contributed by atoms with van der Waals surface area (Å²) in [7, 11) is 3.55. The summed E-state index contributed by atoms with van der Waals surface area (Å²) in [5.41, 5.74) is 2.62. The average molecular weight is 160 g/mol. The van der Waals surface area contributed by atoms with Crippen LogP contribution in [-0.2, 0) is 9.53 Å². The summed E-state index contributed by atoms with van der Waals surface area (Å²) in [5.74, 6) is -0.0107. The van der Waals surface area contributed by atoms with Crippen LogP contribution in [0.4, 0.5) is 0 Å². The minimum absolute atomic E-state index is 0.0107. The molecule has 0 aromatic heterocycles. The van der Waals surface area contributed by atoms with Gasteiger partial charge < -0.3 is 4.74 Å². The lowest BCUT2D eigenvalue weighted by molar-refractivity contribution is -0.125. The van der Waals surface area contributed by atoms with E-state index in [0.717, 1.165) is 0 Å². The van der Waals surface area contributed by atoms with Crippen LogP contribution in [-0.4, -0.2) is 38.2 Å². The zero-order valence-corrected chi connectivity index (χ0v) is 7.39. The number of carbonyl (C=O) groups excluding carboxylic acids is 1. The van der Waals surface area contributed by atoms with Crippen molar-refractivity contribution in [2.75, 3.05) is 27.3 Å². The van der Waals surface area contributed by atoms with Crippen LogP contribution in [0.15, 0.2) is 0 Å². The number of rotatable bonds is 5. The summed E-state index contributed by atoms with van der Waals surface area (Å²) < 4.78 is 5.01. The zero-order chi connectivity index (χ0) is 8.69. The first-order valence-electron chi connectivity index (χ1n) is 3.71. The fourth-order valence-corrected chi connectivity index (χ4v) is 0.615. The van der Waals surface area contributed by atoms with Gasteiger partial charge in [-0.3, -0.25) is 10.2 Å². The second kappa shape index (κ2) is 6.12. The molecule has 0 heterocycles. The highest BCUT2D eigenvalue weighted by atomic mass is 16.5. The van der Waals surface area contributed by atoms with Gasteiger partial charge in [0.25, 0.3) is 0 Å². The number of carbonyl (C=O) groups is 1. The lowest BCUT2D eigenvalue weighted by Gasteiger charge is -2.11. The van der Waals surface area contributed by atoms with E-state index in [1.165, 1.54) is 0 Å². The molecule has 0 fully saturated rings. The third-order valence-corrected chi connectivity index (χ3v) is 1.03. The fourth-order valence-electron chi connectivity index (χ4n) is 0.615. The van der Waals surface area contributed by atoms with Crippen molar-refractivity contribution in [3.8, 4) is 0 Å². The molecule has 0 bridgehead atoms. The van der Waals surface area contributed by atoms with E-state index in [1.54, 1.807) is 19.1 Å². The van der Waals surface area contributed by atoms with Crippen LogP contribution < -0.4 is 5.43 Å². The maximum atomic E-state index is 10.9. The Morgan fingerprint density at radius 1 is 1.55 bits per heavy atom. The van der Waals surface area contributed by atoms with E-state index in [1.807, 2.05) is 6.92 Å². The van der Waals surface area contributed by atoms with Gasteiger partial charge in [-0.25, -0.2) is 5.01 Å². The molecule has 1 N–H and O–H groups in total. The van der Waals surface area contributed by atoms with E-state index in [9.17, 15) is 4.79 Å². The van der Waals surface area contributed by atoms with E-state index in [-0.39, 0.29) is 5.91 Å². The normalized spacial score (nSPS) is 10.2. The first kappa shape index (κ1) is 10.4. The number of hydrogen-bond acceptors (Lipinski definition) is 3. The van der Waals surface area contributed by atoms with Gasteiger partial charge in [-0.05, 0) is 6.92 Å². The van der Waals surface area contributed by atoms with E-state index in [2.05, 4.69) is 5.43 Å². The van der Waals surface area contributed by atoms with E-state index < -0.39 is 0 Å². The van der Waals surface area contributed by atoms with Gasteiger partial charge in [-0.2, -0.15) is 0 Å². The molecule has 11 heavy (non-hydrogen) atoms. The summed E-state index contributed by atoms with van der Waals surface area (Å²) in [6, 6.07) is 0. The predicted molar refractivity (Wildman–Crippen MR) is 42.9 cm³/mol. The second-order valence-electron chi connectivity index (χ2n) is 2.38. The highest BCUT2D eigenvalue weighted by Crippen LogP contribution is 1.82. The Bertz CT molecular complexity index is 115. The number of ether oxygens (including phenoxy) is 1. The van der Waals surface area contributed by atoms with Crippen LogP contribution in [0.2, 0.25) is 0 Å². The largest absolute Gasteiger partial charge is 0.381 e. The first-order chi connectivity index (χ1) is 5.16. The molecule has 4 heteroatoms. The third kappa shape index (κ3) is 7.29. The Morgan fingerprint density at radius 2 is 2.18 bits per heavy atom. The van der Waals surface area contributed by atoms with Gasteiger partial charge in [0.1, 0.15) is 0 Å². The minimum atomic E-state index is -0.0107. The highest BCUT2D eigenvalue weighted by molar-refractivity contribution is 5.75. The molecule has 0 saturated heterocycles. The van der Waals surface area contributed by atoms with Crippen molar-refractivity contribution in [2.24, 2.45) is 0 Å². The molecular formula is C7H16N2O2. The molecule has 0 aliphatic heterocycles. The fraction of sp³-hybridized carbons (Fsp3) is 0.857. The van der Waals surface area contributed by atoms with Gasteiger partial charge in [-0.1, -0.05) is 0 Å². The SMILES string of the molecule is CCOCCC(=O)NN(C)C. The van der Waals surface area contributed by atoms with Crippen molar-refractivity contribution >= 4 is 5.91 Å². The minimum Gasteiger partial charge on any atom is -0.381 e. The Balaban J connectivity index is 3.23. The maximum absolute atomic E-state index is 10.9. The molecule has 0 unspecified atom stereocenters. The smallest absolute Gasteiger partial charge is 0.236 e. The molecule has 1 amide bonds. The standard InChI is InChI=1S/C7H16N2O2/c1-4-11-6-5-7(10)8-9(2)3/h4-6H2,1-3H3,(H,8,10). The molecule has 0 spiro atoms. The topological polar surface area (TPSA) is 41.6 Å². The van der Waals surface area contributed by atoms with Crippen molar-refractivity contribution in [2.45, 2.75) is 13.3 Å². The number of hydrogen-bond donors (Lipinski definition) is 1. The number of amides is 1. The molecule has 0 rings (SSSR count). The Morgan fingerprint density at radius 3 is 2.64 bits per heavy atom. The predicted octanol–water partition coefficient (Wildman–Crippen LogP) is 0.00580. The van der Waals surface area contributed by atoms with Crippen molar-refractivity contribution in [3.63, 3.8) is 0 Å². The number of nitrogens with zero attached hydrogens (tertiary/aromatic N) is 1. The molecule has 0 aliphatic rings. The molecule has 0 atom stereocenters. The molecule has 0 aromatic rings. The monoisotopic (exact) mass is 160 g/mol. The summed E-state index contributed by atoms with van der Waals surface area (Å²) in [4.78, 5) is 10.9. The lowest BCUT2D eigenvalue weighted by Crippen LogP contribution is -2.36. The number of hydrazine groups is 1. The Hall–Kier alpha value is -0.610. The van der Waals surface area contributed by atoms with Crippen LogP contribution in [0.5, 0.6) is 0 Å². The average Bonchev–Trinajstić information content (AvgIpc) is 1.86. The van der Waals surface area contributed by atoms with Gasteiger partial charge in [0.15, 0.2) is 0 Å². The van der Waals surface area contributed by atoms with Crippen molar-refractivity contribution in [3.05, 3.63) is 0 Å². The Labute approximate surface area is 67.5 Å². The summed E-state index contributed by atoms with van der Waals surface area (Å²) in [6.07, 6.45) is 0.423. The first-order valence-corrected chi connectivity index (χ1v) is 3.71. The summed E-state index contributed by atoms with van der Waals surface area (Å²) in [6.45, 7) is 3.06. The molecular weight excluding hydrogens is 144 g/mol. The van der Waals surface area contributed by atoms with E-state index in [4.69, 9.17) is 4.74 Å². The van der Waals surface area contributed by atoms with E-state index in [0.29, 0.717) is 19.6 Å². The molecule has 0 aromatic carbocycles. The van der Waals surface area contributed by atoms with Gasteiger partial charge in [-0.15, -0.1) is 0 Å². The summed E-state index contributed by atoms with van der Waals surface area (Å²) >= 11 is 0. The Kier molecular flexibility index (Phi) is 5.78. The molecule has 66 valence electrons. The second-order valence-corrected chi connectivity index (χ2v) is 2.38. The zero-order valence-electron chi connectivity index (χ0n) is 7.39. The van der Waals surface area contributed by atoms with Crippen molar-refractivity contribution in [1.82, 2.24) is 10.4 Å². The molecule has 0 radical (unpaired) electrons. The molecule has 4 nitrogen and oxygen atoms in total. The molecule has 0 saturated carbocycles. The molecule has 0 aliphatic carbocycles. The van der Waals surface area contributed by atoms with Crippen LogP contribution in [0.25, 0.3) is 0 Å². The van der Waals surface area contributed by atoms with Crippen molar-refractivity contribution in [1.29, 1.82) is 0 Å². The van der Waals surface area contributed by atoms with Gasteiger partial charge in [0.05, 0.1) is 13.0 Å². The van der Waals surface area contributed by atoms with Crippen molar-refractivity contribution < 1.29 is 9.53 Å². The van der Waals surface area contributed by atoms with Crippen LogP contribution >= 0.6 is 0 Å². The maximum Gasteiger partial charge on any atom is 0.236 e. The van der Waals surface area contributed by atoms with Crippen LogP contribution in [0, 0.1) is 0 Å². The quantitative estimate of drug-likeness (QED) is 0.455. The van der Waals surface area contributed by atoms with Gasteiger partial charge in [0, 0.05) is 20.7 Å². The van der Waals surface area contributed by atoms with E-state index >= 15 is 0 Å². The summed E-state index contributed by atoms with van der Waals surface area (Å²) in [5, 5.41) is 1.62. The van der Waals surface area contributed by atoms with Gasteiger partial charge in [0.2, 0.25) is 5.91 Å². The number of nitrogens with one attached hydrogen (secondary N) is 1. The van der Waals surface area contributed by atoms with Crippen LogP contribution in [0.1, 0.15) is 13.3 Å². The highest BCUT2D eigenvalue weighted by Gasteiger charge is 1.99. The van der Waals surface area contributed by atoms with Crippen LogP contribution in [0.3, 0.4) is 0 Å². The van der Waals surface area contributed by atoms with Gasteiger partial charge >= 0.3 is 0 Å².